The van der Waals surface area contributed by atoms with Crippen LogP contribution in [-0.2, 0) is 6.61 Å². The summed E-state index contributed by atoms with van der Waals surface area (Å²) < 4.78 is 5.59. The van der Waals surface area contributed by atoms with Gasteiger partial charge in [-0.2, -0.15) is 0 Å². The van der Waals surface area contributed by atoms with E-state index in [0.717, 1.165) is 5.56 Å². The molecule has 2 aromatic rings. The Morgan fingerprint density at radius 3 is 2.43 bits per heavy atom. The molecule has 0 radical (unpaired) electrons. The second kappa shape index (κ2) is 9.18. The van der Waals surface area contributed by atoms with Gasteiger partial charge in [0.25, 0.3) is 0 Å². The summed E-state index contributed by atoms with van der Waals surface area (Å²) in [5.74, 6) is 0.387. The van der Waals surface area contributed by atoms with E-state index in [4.69, 9.17) is 4.74 Å². The van der Waals surface area contributed by atoms with Crippen molar-refractivity contribution in [1.29, 1.82) is 0 Å². The Bertz CT molecular complexity index is 629. The zero-order valence-electron chi connectivity index (χ0n) is 13.4. The number of benzene rings is 2. The van der Waals surface area contributed by atoms with Crippen LogP contribution in [0.15, 0.2) is 48.5 Å². The third-order valence-corrected chi connectivity index (χ3v) is 3.30. The Hall–Kier alpha value is -2.04. The molecule has 0 atom stereocenters. The highest BCUT2D eigenvalue weighted by Gasteiger charge is 2.10. The third-order valence-electron chi connectivity index (χ3n) is 3.30. The molecule has 0 aliphatic carbocycles. The fourth-order valence-corrected chi connectivity index (χ4v) is 2.02. The molecule has 0 heterocycles. The van der Waals surface area contributed by atoms with Crippen molar-refractivity contribution >= 4 is 18.2 Å². The number of carbonyl (C=O) groups excluding carboxylic acids is 1. The topological polar surface area (TPSA) is 49.8 Å². The molecule has 0 amide bonds. The molecule has 124 valence electrons. The highest BCUT2D eigenvalue weighted by atomic mass is 35.5. The van der Waals surface area contributed by atoms with Crippen molar-refractivity contribution < 1.29 is 14.6 Å². The van der Waals surface area contributed by atoms with E-state index in [2.05, 4.69) is 0 Å². The average molecular weight is 336 g/mol. The first-order valence-electron chi connectivity index (χ1n) is 7.24. The fraction of sp³-hybridized carbons (Fsp3) is 0.278. The molecule has 1 N–H and O–H groups in total. The Labute approximate surface area is 143 Å². The maximum atomic E-state index is 12.0. The molecule has 0 aromatic heterocycles. The summed E-state index contributed by atoms with van der Waals surface area (Å²) in [6, 6.07) is 14.5. The van der Waals surface area contributed by atoms with E-state index in [1.54, 1.807) is 12.1 Å². The molecule has 0 fully saturated rings. The predicted molar refractivity (Wildman–Crippen MR) is 93.6 cm³/mol. The van der Waals surface area contributed by atoms with E-state index in [-0.39, 0.29) is 23.9 Å². The highest BCUT2D eigenvalue weighted by Crippen LogP contribution is 2.28. The molecule has 0 saturated heterocycles. The van der Waals surface area contributed by atoms with E-state index < -0.39 is 0 Å². The number of ketones is 1. The number of ether oxygens (including phenoxy) is 1. The average Bonchev–Trinajstić information content (AvgIpc) is 2.52. The number of halogens is 1. The van der Waals surface area contributed by atoms with Gasteiger partial charge in [0.2, 0.25) is 0 Å². The SMILES string of the molecule is CN(C)CCC(=O)c1ccc(OCc2ccccc2)c(O)c1.Cl. The van der Waals surface area contributed by atoms with Crippen molar-refractivity contribution in [2.45, 2.75) is 13.0 Å². The maximum Gasteiger partial charge on any atom is 0.164 e. The van der Waals surface area contributed by atoms with Gasteiger partial charge in [0.15, 0.2) is 17.3 Å². The molecule has 0 spiro atoms. The van der Waals surface area contributed by atoms with Crippen LogP contribution >= 0.6 is 12.4 Å². The van der Waals surface area contributed by atoms with Gasteiger partial charge in [0.05, 0.1) is 0 Å². The van der Waals surface area contributed by atoms with Gasteiger partial charge in [-0.05, 0) is 37.9 Å². The van der Waals surface area contributed by atoms with Crippen LogP contribution in [0.25, 0.3) is 0 Å². The Morgan fingerprint density at radius 1 is 1.13 bits per heavy atom. The van der Waals surface area contributed by atoms with E-state index in [9.17, 15) is 9.90 Å². The predicted octanol–water partition coefficient (Wildman–Crippen LogP) is 3.53. The van der Waals surface area contributed by atoms with Crippen LogP contribution in [0, 0.1) is 0 Å². The third kappa shape index (κ3) is 5.93. The molecule has 4 nitrogen and oxygen atoms in total. The molecule has 0 saturated carbocycles. The van der Waals surface area contributed by atoms with Crippen molar-refractivity contribution in [3.8, 4) is 11.5 Å². The van der Waals surface area contributed by atoms with Crippen LogP contribution in [-0.4, -0.2) is 36.4 Å². The zero-order valence-corrected chi connectivity index (χ0v) is 14.2. The number of hydrogen-bond donors (Lipinski definition) is 1. The van der Waals surface area contributed by atoms with Gasteiger partial charge in [0.1, 0.15) is 6.61 Å². The minimum absolute atomic E-state index is 0. The van der Waals surface area contributed by atoms with Crippen LogP contribution < -0.4 is 4.74 Å². The molecule has 0 unspecified atom stereocenters. The fourth-order valence-electron chi connectivity index (χ4n) is 2.02. The quantitative estimate of drug-likeness (QED) is 0.786. The number of carbonyl (C=O) groups is 1. The van der Waals surface area contributed by atoms with Crippen LogP contribution in [0.5, 0.6) is 11.5 Å². The van der Waals surface area contributed by atoms with Gasteiger partial charge in [-0.25, -0.2) is 0 Å². The van der Waals surface area contributed by atoms with Crippen molar-refractivity contribution in [2.24, 2.45) is 0 Å². The Morgan fingerprint density at radius 2 is 1.83 bits per heavy atom. The lowest BCUT2D eigenvalue weighted by molar-refractivity contribution is 0.0972. The van der Waals surface area contributed by atoms with Gasteiger partial charge in [-0.3, -0.25) is 4.79 Å². The number of aromatic hydroxyl groups is 1. The van der Waals surface area contributed by atoms with E-state index in [0.29, 0.717) is 30.9 Å². The molecule has 2 rings (SSSR count). The molecular weight excluding hydrogens is 314 g/mol. The van der Waals surface area contributed by atoms with Gasteiger partial charge in [0, 0.05) is 18.5 Å². The van der Waals surface area contributed by atoms with Crippen molar-refractivity contribution in [3.05, 3.63) is 59.7 Å². The summed E-state index contributed by atoms with van der Waals surface area (Å²) in [6.45, 7) is 1.06. The summed E-state index contributed by atoms with van der Waals surface area (Å²) in [5.41, 5.74) is 1.53. The summed E-state index contributed by atoms with van der Waals surface area (Å²) in [6.07, 6.45) is 0.427. The Kier molecular flexibility index (Phi) is 7.59. The van der Waals surface area contributed by atoms with E-state index in [1.165, 1.54) is 6.07 Å². The molecule has 23 heavy (non-hydrogen) atoms. The number of hydrogen-bond acceptors (Lipinski definition) is 4. The zero-order chi connectivity index (χ0) is 15.9. The van der Waals surface area contributed by atoms with Crippen molar-refractivity contribution in [2.75, 3.05) is 20.6 Å². The minimum atomic E-state index is -0.00775. The van der Waals surface area contributed by atoms with Gasteiger partial charge < -0.3 is 14.7 Å². The molecule has 0 aliphatic heterocycles. The molecule has 2 aromatic carbocycles. The number of rotatable bonds is 7. The normalized spacial score (nSPS) is 10.2. The van der Waals surface area contributed by atoms with Crippen molar-refractivity contribution in [1.82, 2.24) is 4.90 Å². The number of Topliss-reactive ketones (excluding diaryl/α,β-unsaturated/α-hetero) is 1. The first-order valence-corrected chi connectivity index (χ1v) is 7.24. The standard InChI is InChI=1S/C18H21NO3.ClH/c1-19(2)11-10-16(20)15-8-9-18(17(21)12-15)22-13-14-6-4-3-5-7-14;/h3-9,12,21H,10-11,13H2,1-2H3;1H. The molecule has 5 heteroatoms. The second-order valence-corrected chi connectivity index (χ2v) is 5.43. The summed E-state index contributed by atoms with van der Waals surface area (Å²) in [5, 5.41) is 10.0. The lowest BCUT2D eigenvalue weighted by atomic mass is 10.1. The van der Waals surface area contributed by atoms with E-state index >= 15 is 0 Å². The monoisotopic (exact) mass is 335 g/mol. The smallest absolute Gasteiger partial charge is 0.164 e. The molecule has 0 aliphatic rings. The summed E-state index contributed by atoms with van der Waals surface area (Å²) in [7, 11) is 3.84. The van der Waals surface area contributed by atoms with Crippen LogP contribution in [0.1, 0.15) is 22.3 Å². The summed E-state index contributed by atoms with van der Waals surface area (Å²) in [4.78, 5) is 14.0. The highest BCUT2D eigenvalue weighted by molar-refractivity contribution is 5.96. The van der Waals surface area contributed by atoms with Gasteiger partial charge >= 0.3 is 0 Å². The first-order chi connectivity index (χ1) is 10.6. The second-order valence-electron chi connectivity index (χ2n) is 5.43. The largest absolute Gasteiger partial charge is 0.504 e. The summed E-state index contributed by atoms with van der Waals surface area (Å²) >= 11 is 0. The van der Waals surface area contributed by atoms with Crippen LogP contribution in [0.3, 0.4) is 0 Å². The van der Waals surface area contributed by atoms with Crippen LogP contribution in [0.4, 0.5) is 0 Å². The number of nitrogens with zero attached hydrogens (tertiary/aromatic N) is 1. The van der Waals surface area contributed by atoms with Crippen LogP contribution in [0.2, 0.25) is 0 Å². The lowest BCUT2D eigenvalue weighted by Gasteiger charge is -2.11. The first kappa shape index (κ1) is 19.0. The van der Waals surface area contributed by atoms with Gasteiger partial charge in [-0.15, -0.1) is 12.4 Å². The van der Waals surface area contributed by atoms with Gasteiger partial charge in [-0.1, -0.05) is 30.3 Å². The Balaban J connectivity index is 0.00000264. The van der Waals surface area contributed by atoms with Crippen molar-refractivity contribution in [3.63, 3.8) is 0 Å². The van der Waals surface area contributed by atoms with E-state index in [1.807, 2.05) is 49.3 Å². The minimum Gasteiger partial charge on any atom is -0.504 e. The number of phenolic OH excluding ortho intramolecular Hbond substituents is 1. The molecular formula is C18H22ClNO3. The number of phenols is 1. The maximum absolute atomic E-state index is 12.0. The lowest BCUT2D eigenvalue weighted by Crippen LogP contribution is -2.16. The molecule has 0 bridgehead atoms.